The van der Waals surface area contributed by atoms with Gasteiger partial charge in [0.2, 0.25) is 0 Å². The second kappa shape index (κ2) is 8.81. The average Bonchev–Trinajstić information content (AvgIpc) is 2.61. The molecule has 0 aliphatic carbocycles. The van der Waals surface area contributed by atoms with Gasteiger partial charge in [-0.25, -0.2) is 0 Å². The van der Waals surface area contributed by atoms with Crippen LogP contribution in [0.2, 0.25) is 0 Å². The molecule has 0 heterocycles. The first kappa shape index (κ1) is 18.4. The molecule has 0 fully saturated rings. The summed E-state index contributed by atoms with van der Waals surface area (Å²) < 4.78 is 17.0. The number of methoxy groups -OCH3 is 2. The summed E-state index contributed by atoms with van der Waals surface area (Å²) in [6, 6.07) is 13.8. The molecule has 1 unspecified atom stereocenters. The first-order chi connectivity index (χ1) is 11.6. The molecule has 0 radical (unpaired) electrons. The number of ether oxygens (including phenoxy) is 2. The maximum Gasteiger partial charge on any atom is 0.157 e. The van der Waals surface area contributed by atoms with Gasteiger partial charge in [0.15, 0.2) is 6.29 Å². The Kier molecular flexibility index (Phi) is 6.77. The van der Waals surface area contributed by atoms with Gasteiger partial charge in [-0.15, -0.1) is 0 Å². The van der Waals surface area contributed by atoms with Crippen LogP contribution in [0.5, 0.6) is 11.5 Å². The molecule has 0 spiro atoms. The third-order valence-corrected chi connectivity index (χ3v) is 5.31. The molecule has 128 valence electrons. The highest BCUT2D eigenvalue weighted by atomic mass is 31.1. The highest BCUT2D eigenvalue weighted by Gasteiger charge is 2.21. The van der Waals surface area contributed by atoms with Crippen LogP contribution in [0.4, 0.5) is 0 Å². The lowest BCUT2D eigenvalue weighted by Crippen LogP contribution is -2.17. The maximum absolute atomic E-state index is 11.3. The van der Waals surface area contributed by atoms with Crippen LogP contribution in [-0.4, -0.2) is 27.1 Å². The molecule has 0 N–H and O–H groups in total. The molecule has 2 aromatic rings. The smallest absolute Gasteiger partial charge is 0.157 e. The van der Waals surface area contributed by atoms with Crippen molar-refractivity contribution < 1.29 is 18.8 Å². The Labute approximate surface area is 144 Å². The van der Waals surface area contributed by atoms with Gasteiger partial charge in [0, 0.05) is 10.6 Å². The van der Waals surface area contributed by atoms with Crippen molar-refractivity contribution in [2.24, 2.45) is 5.92 Å². The van der Waals surface area contributed by atoms with Crippen molar-refractivity contribution in [3.05, 3.63) is 48.0 Å². The van der Waals surface area contributed by atoms with Crippen molar-refractivity contribution in [3.63, 3.8) is 0 Å². The Morgan fingerprint density at radius 1 is 1.00 bits per heavy atom. The van der Waals surface area contributed by atoms with Gasteiger partial charge >= 0.3 is 0 Å². The number of hydrogen-bond acceptors (Lipinski definition) is 4. The second-order valence-electron chi connectivity index (χ2n) is 5.70. The SMILES string of the molecule is COc1cc(P(OCC(C)C)c2ccccc2)cc(OC)c1C=O. The second-order valence-corrected chi connectivity index (χ2v) is 7.58. The van der Waals surface area contributed by atoms with Crippen LogP contribution in [0.1, 0.15) is 24.2 Å². The summed E-state index contributed by atoms with van der Waals surface area (Å²) in [5.41, 5.74) is 0.413. The zero-order valence-electron chi connectivity index (χ0n) is 14.5. The minimum atomic E-state index is -1.02. The third kappa shape index (κ3) is 4.34. The van der Waals surface area contributed by atoms with Gasteiger partial charge in [-0.1, -0.05) is 44.2 Å². The van der Waals surface area contributed by atoms with E-state index in [0.717, 1.165) is 16.9 Å². The Morgan fingerprint density at radius 2 is 1.58 bits per heavy atom. The maximum atomic E-state index is 11.3. The van der Waals surface area contributed by atoms with Crippen molar-refractivity contribution in [2.45, 2.75) is 13.8 Å². The number of carbonyl (C=O) groups excluding carboxylic acids is 1. The monoisotopic (exact) mass is 346 g/mol. The van der Waals surface area contributed by atoms with Crippen LogP contribution in [0.25, 0.3) is 0 Å². The van der Waals surface area contributed by atoms with Crippen molar-refractivity contribution in [1.82, 2.24) is 0 Å². The minimum absolute atomic E-state index is 0.413. The van der Waals surface area contributed by atoms with Crippen molar-refractivity contribution in [1.29, 1.82) is 0 Å². The van der Waals surface area contributed by atoms with E-state index in [2.05, 4.69) is 26.0 Å². The van der Waals surface area contributed by atoms with Gasteiger partial charge in [0.1, 0.15) is 11.5 Å². The van der Waals surface area contributed by atoms with E-state index >= 15 is 0 Å². The molecule has 4 nitrogen and oxygen atoms in total. The van der Waals surface area contributed by atoms with E-state index in [4.69, 9.17) is 14.0 Å². The number of hydrogen-bond donors (Lipinski definition) is 0. The molecule has 0 saturated heterocycles. The highest BCUT2D eigenvalue weighted by molar-refractivity contribution is 7.68. The molecule has 2 aromatic carbocycles. The molecule has 2 rings (SSSR count). The number of carbonyl (C=O) groups is 1. The lowest BCUT2D eigenvalue weighted by Gasteiger charge is -2.21. The van der Waals surface area contributed by atoms with Crippen LogP contribution >= 0.6 is 8.15 Å². The van der Waals surface area contributed by atoms with Crippen LogP contribution in [-0.2, 0) is 4.52 Å². The van der Waals surface area contributed by atoms with Gasteiger partial charge in [0.05, 0.1) is 34.5 Å². The van der Waals surface area contributed by atoms with E-state index in [1.165, 1.54) is 0 Å². The fraction of sp³-hybridized carbons (Fsp3) is 0.316. The first-order valence-corrected chi connectivity index (χ1v) is 9.06. The first-order valence-electron chi connectivity index (χ1n) is 7.80. The van der Waals surface area contributed by atoms with E-state index in [0.29, 0.717) is 29.6 Å². The zero-order valence-corrected chi connectivity index (χ0v) is 15.4. The molecule has 0 bridgehead atoms. The normalized spacial score (nSPS) is 12.0. The van der Waals surface area contributed by atoms with Crippen LogP contribution in [0.15, 0.2) is 42.5 Å². The summed E-state index contributed by atoms with van der Waals surface area (Å²) in [7, 11) is 2.07. The molecule has 24 heavy (non-hydrogen) atoms. The Hall–Kier alpha value is -1.90. The van der Waals surface area contributed by atoms with Crippen molar-refractivity contribution in [2.75, 3.05) is 20.8 Å². The summed E-state index contributed by atoms with van der Waals surface area (Å²) in [4.78, 5) is 11.3. The topological polar surface area (TPSA) is 44.8 Å². The Bertz CT molecular complexity index is 645. The predicted octanol–water partition coefficient (Wildman–Crippen LogP) is 3.54. The van der Waals surface area contributed by atoms with Gasteiger partial charge < -0.3 is 14.0 Å². The van der Waals surface area contributed by atoms with Gasteiger partial charge in [-0.2, -0.15) is 0 Å². The zero-order chi connectivity index (χ0) is 17.5. The summed E-state index contributed by atoms with van der Waals surface area (Å²) in [6.07, 6.45) is 0.751. The van der Waals surface area contributed by atoms with E-state index < -0.39 is 8.15 Å². The van der Waals surface area contributed by atoms with E-state index in [1.54, 1.807) is 14.2 Å². The molecule has 0 aliphatic rings. The van der Waals surface area contributed by atoms with Crippen LogP contribution < -0.4 is 20.1 Å². The summed E-state index contributed by atoms with van der Waals surface area (Å²) in [5, 5.41) is 2.06. The third-order valence-electron chi connectivity index (χ3n) is 3.41. The Morgan fingerprint density at radius 3 is 2.04 bits per heavy atom. The lowest BCUT2D eigenvalue weighted by molar-refractivity contribution is 0.111. The van der Waals surface area contributed by atoms with Crippen molar-refractivity contribution >= 4 is 25.0 Å². The summed E-state index contributed by atoms with van der Waals surface area (Å²) in [6.45, 7) is 4.89. The quantitative estimate of drug-likeness (QED) is 0.542. The molecule has 0 aromatic heterocycles. The highest BCUT2D eigenvalue weighted by Crippen LogP contribution is 2.39. The largest absolute Gasteiger partial charge is 0.496 e. The minimum Gasteiger partial charge on any atom is -0.496 e. The van der Waals surface area contributed by atoms with Gasteiger partial charge in [0.25, 0.3) is 0 Å². The van der Waals surface area contributed by atoms with Gasteiger partial charge in [-0.05, 0) is 18.1 Å². The predicted molar refractivity (Wildman–Crippen MR) is 98.4 cm³/mol. The van der Waals surface area contributed by atoms with E-state index in [1.807, 2.05) is 30.3 Å². The van der Waals surface area contributed by atoms with Crippen LogP contribution in [0, 0.1) is 5.92 Å². The number of aldehydes is 1. The Balaban J connectivity index is 2.50. The molecule has 5 heteroatoms. The molecule has 0 saturated carbocycles. The lowest BCUT2D eigenvalue weighted by atomic mass is 10.2. The fourth-order valence-electron chi connectivity index (χ4n) is 2.24. The summed E-state index contributed by atoms with van der Waals surface area (Å²) >= 11 is 0. The number of benzene rings is 2. The molecular formula is C19H23O4P. The molecule has 0 aliphatic heterocycles. The fourth-order valence-corrected chi connectivity index (χ4v) is 4.20. The standard InChI is InChI=1S/C19H23O4P/c1-14(2)13-23-24(15-8-6-5-7-9-15)16-10-18(21-3)17(12-20)19(11-16)22-4/h5-12,14H,13H2,1-4H3. The summed E-state index contributed by atoms with van der Waals surface area (Å²) in [5.74, 6) is 1.42. The average molecular weight is 346 g/mol. The van der Waals surface area contributed by atoms with E-state index in [9.17, 15) is 4.79 Å². The molecular weight excluding hydrogens is 323 g/mol. The van der Waals surface area contributed by atoms with E-state index in [-0.39, 0.29) is 0 Å². The number of rotatable bonds is 8. The van der Waals surface area contributed by atoms with Crippen molar-refractivity contribution in [3.8, 4) is 11.5 Å². The van der Waals surface area contributed by atoms with Gasteiger partial charge in [-0.3, -0.25) is 4.79 Å². The van der Waals surface area contributed by atoms with Crippen LogP contribution in [0.3, 0.4) is 0 Å². The molecule has 1 atom stereocenters. The molecule has 0 amide bonds.